The van der Waals surface area contributed by atoms with E-state index >= 15 is 0 Å². The summed E-state index contributed by atoms with van der Waals surface area (Å²) in [5.74, 6) is -1.10. The lowest BCUT2D eigenvalue weighted by Gasteiger charge is -2.21. The highest BCUT2D eigenvalue weighted by Gasteiger charge is 2.38. The van der Waals surface area contributed by atoms with Gasteiger partial charge in [0, 0.05) is 22.2 Å². The highest BCUT2D eigenvalue weighted by atomic mass is 127. The lowest BCUT2D eigenvalue weighted by Crippen LogP contribution is -2.43. The van der Waals surface area contributed by atoms with Crippen LogP contribution >= 0.6 is 22.6 Å². The first-order valence-corrected chi connectivity index (χ1v) is 6.79. The van der Waals surface area contributed by atoms with Crippen molar-refractivity contribution in [2.75, 3.05) is 11.9 Å². The van der Waals surface area contributed by atoms with E-state index in [1.165, 1.54) is 0 Å². The van der Waals surface area contributed by atoms with Gasteiger partial charge in [-0.2, -0.15) is 0 Å². The Morgan fingerprint density at radius 2 is 1.95 bits per heavy atom. The zero-order chi connectivity index (χ0) is 14.0. The molecule has 3 N–H and O–H groups in total. The Labute approximate surface area is 123 Å². The van der Waals surface area contributed by atoms with Gasteiger partial charge < -0.3 is 20.4 Å². The van der Waals surface area contributed by atoms with Crippen LogP contribution in [0.2, 0.25) is 0 Å². The van der Waals surface area contributed by atoms with Crippen LogP contribution < -0.4 is 5.32 Å². The van der Waals surface area contributed by atoms with Gasteiger partial charge in [0.25, 0.3) is 0 Å². The van der Waals surface area contributed by atoms with Gasteiger partial charge in [0.2, 0.25) is 0 Å². The molecule has 1 fully saturated rings. The fraction of sp³-hybridized carbons (Fsp3) is 0.333. The number of carbonyl (C=O) groups excluding carboxylic acids is 1. The van der Waals surface area contributed by atoms with Crippen LogP contribution in [-0.2, 0) is 4.79 Å². The number of hydrogen-bond donors (Lipinski definition) is 3. The van der Waals surface area contributed by atoms with E-state index in [0.717, 1.165) is 8.47 Å². The average Bonchev–Trinajstić information content (AvgIpc) is 2.74. The van der Waals surface area contributed by atoms with Gasteiger partial charge in [0.1, 0.15) is 6.04 Å². The number of nitrogens with zero attached hydrogens (tertiary/aromatic N) is 1. The molecule has 1 aromatic rings. The molecule has 19 heavy (non-hydrogen) atoms. The van der Waals surface area contributed by atoms with E-state index in [4.69, 9.17) is 5.11 Å². The smallest absolute Gasteiger partial charge is 0.326 e. The molecule has 2 atom stereocenters. The van der Waals surface area contributed by atoms with Crippen LogP contribution in [0.25, 0.3) is 0 Å². The minimum Gasteiger partial charge on any atom is -0.480 e. The number of carboxylic acid groups (broad SMARTS) is 1. The number of benzene rings is 1. The molecule has 2 amide bonds. The number of β-amino-alcohol motifs (C(OH)–C–C–N with tert-alkyl or cyclic N) is 1. The van der Waals surface area contributed by atoms with Gasteiger partial charge in [-0.25, -0.2) is 9.59 Å². The molecular formula is C12H13IN2O4. The zero-order valence-corrected chi connectivity index (χ0v) is 12.1. The second kappa shape index (κ2) is 5.74. The Bertz CT molecular complexity index is 491. The van der Waals surface area contributed by atoms with Gasteiger partial charge >= 0.3 is 12.0 Å². The Morgan fingerprint density at radius 1 is 1.32 bits per heavy atom. The summed E-state index contributed by atoms with van der Waals surface area (Å²) in [5, 5.41) is 21.1. The number of anilines is 1. The van der Waals surface area contributed by atoms with Crippen molar-refractivity contribution < 1.29 is 19.8 Å². The number of hydrogen-bond acceptors (Lipinski definition) is 3. The number of aliphatic hydroxyl groups excluding tert-OH is 1. The standard InChI is InChI=1S/C12H13IN2O4/c13-7-1-3-8(4-2-7)14-12(19)15-6-9(16)5-10(15)11(17)18/h1-4,9-10,16H,5-6H2,(H,14,19)(H,17,18)/t9-,10+/m1/s1. The number of rotatable bonds is 2. The highest BCUT2D eigenvalue weighted by molar-refractivity contribution is 14.1. The number of carboxylic acids is 1. The molecule has 0 aliphatic carbocycles. The third-order valence-electron chi connectivity index (χ3n) is 2.92. The van der Waals surface area contributed by atoms with Gasteiger partial charge in [0.05, 0.1) is 6.10 Å². The van der Waals surface area contributed by atoms with E-state index in [-0.39, 0.29) is 13.0 Å². The topological polar surface area (TPSA) is 89.9 Å². The third kappa shape index (κ3) is 3.35. The summed E-state index contributed by atoms with van der Waals surface area (Å²) in [6, 6.07) is 5.67. The molecule has 1 saturated heterocycles. The summed E-state index contributed by atoms with van der Waals surface area (Å²) in [6.07, 6.45) is -0.723. The van der Waals surface area contributed by atoms with Gasteiger partial charge in [-0.15, -0.1) is 0 Å². The molecule has 1 heterocycles. The fourth-order valence-corrected chi connectivity index (χ4v) is 2.36. The van der Waals surface area contributed by atoms with Crippen LogP contribution in [0.1, 0.15) is 6.42 Å². The van der Waals surface area contributed by atoms with E-state index in [1.807, 2.05) is 12.1 Å². The maximum Gasteiger partial charge on any atom is 0.326 e. The molecule has 7 heteroatoms. The van der Waals surface area contributed by atoms with E-state index in [2.05, 4.69) is 27.9 Å². The fourth-order valence-electron chi connectivity index (χ4n) is 2.00. The Morgan fingerprint density at radius 3 is 2.53 bits per heavy atom. The van der Waals surface area contributed by atoms with E-state index in [9.17, 15) is 14.7 Å². The zero-order valence-electron chi connectivity index (χ0n) is 9.91. The molecule has 0 bridgehead atoms. The number of aliphatic carboxylic acids is 1. The second-order valence-corrected chi connectivity index (χ2v) is 5.58. The van der Waals surface area contributed by atoms with Crippen molar-refractivity contribution in [1.82, 2.24) is 4.90 Å². The third-order valence-corrected chi connectivity index (χ3v) is 3.64. The molecule has 0 unspecified atom stereocenters. The molecule has 0 spiro atoms. The molecule has 1 aromatic carbocycles. The van der Waals surface area contributed by atoms with Crippen molar-refractivity contribution >= 4 is 40.3 Å². The van der Waals surface area contributed by atoms with Crippen molar-refractivity contribution in [2.45, 2.75) is 18.6 Å². The van der Waals surface area contributed by atoms with E-state index in [0.29, 0.717) is 5.69 Å². The summed E-state index contributed by atoms with van der Waals surface area (Å²) in [5.41, 5.74) is 0.593. The molecule has 0 saturated carbocycles. The number of likely N-dealkylation sites (tertiary alicyclic amines) is 1. The van der Waals surface area contributed by atoms with Gasteiger partial charge in [-0.3, -0.25) is 0 Å². The monoisotopic (exact) mass is 376 g/mol. The molecular weight excluding hydrogens is 363 g/mol. The minimum atomic E-state index is -1.10. The first kappa shape index (κ1) is 14.1. The van der Waals surface area contributed by atoms with Crippen molar-refractivity contribution in [3.05, 3.63) is 27.8 Å². The van der Waals surface area contributed by atoms with Crippen molar-refractivity contribution in [3.63, 3.8) is 0 Å². The summed E-state index contributed by atoms with van der Waals surface area (Å²) in [7, 11) is 0. The maximum atomic E-state index is 12.0. The summed E-state index contributed by atoms with van der Waals surface area (Å²) < 4.78 is 1.04. The lowest BCUT2D eigenvalue weighted by atomic mass is 10.2. The SMILES string of the molecule is O=C(O)[C@@H]1C[C@@H](O)CN1C(=O)Nc1ccc(I)cc1. The Kier molecular flexibility index (Phi) is 4.25. The number of nitrogens with one attached hydrogen (secondary N) is 1. The van der Waals surface area contributed by atoms with Crippen LogP contribution in [0, 0.1) is 3.57 Å². The lowest BCUT2D eigenvalue weighted by molar-refractivity contribution is -0.141. The van der Waals surface area contributed by atoms with Crippen LogP contribution in [0.3, 0.4) is 0 Å². The number of carbonyl (C=O) groups is 2. The highest BCUT2D eigenvalue weighted by Crippen LogP contribution is 2.20. The van der Waals surface area contributed by atoms with Gasteiger partial charge in [-0.1, -0.05) is 0 Å². The number of urea groups is 1. The number of amides is 2. The first-order chi connectivity index (χ1) is 8.97. The van der Waals surface area contributed by atoms with Crippen molar-refractivity contribution in [3.8, 4) is 0 Å². The largest absolute Gasteiger partial charge is 0.480 e. The van der Waals surface area contributed by atoms with Crippen molar-refractivity contribution in [1.29, 1.82) is 0 Å². The molecule has 102 valence electrons. The summed E-state index contributed by atoms with van der Waals surface area (Å²) in [6.45, 7) is 0.0349. The van der Waals surface area contributed by atoms with Crippen LogP contribution in [0.5, 0.6) is 0 Å². The molecule has 0 aromatic heterocycles. The van der Waals surface area contributed by atoms with E-state index < -0.39 is 24.1 Å². The Hall–Kier alpha value is -1.35. The summed E-state index contributed by atoms with van der Waals surface area (Å²) >= 11 is 2.15. The molecule has 0 radical (unpaired) electrons. The predicted octanol–water partition coefficient (Wildman–Crippen LogP) is 1.34. The number of halogens is 1. The Balaban J connectivity index is 2.06. The van der Waals surface area contributed by atoms with Crippen LogP contribution in [0.15, 0.2) is 24.3 Å². The van der Waals surface area contributed by atoms with Crippen LogP contribution in [-0.4, -0.2) is 45.8 Å². The van der Waals surface area contributed by atoms with Gasteiger partial charge in [0.15, 0.2) is 0 Å². The maximum absolute atomic E-state index is 12.0. The van der Waals surface area contributed by atoms with Gasteiger partial charge in [-0.05, 0) is 46.9 Å². The summed E-state index contributed by atoms with van der Waals surface area (Å²) in [4.78, 5) is 24.2. The second-order valence-electron chi connectivity index (χ2n) is 4.33. The first-order valence-electron chi connectivity index (χ1n) is 5.71. The molecule has 6 nitrogen and oxygen atoms in total. The molecule has 2 rings (SSSR count). The average molecular weight is 376 g/mol. The normalized spacial score (nSPS) is 22.3. The molecule has 1 aliphatic heterocycles. The van der Waals surface area contributed by atoms with Crippen molar-refractivity contribution in [2.24, 2.45) is 0 Å². The predicted molar refractivity (Wildman–Crippen MR) is 76.9 cm³/mol. The minimum absolute atomic E-state index is 0.0349. The number of aliphatic hydroxyl groups is 1. The van der Waals surface area contributed by atoms with E-state index in [1.54, 1.807) is 12.1 Å². The molecule has 1 aliphatic rings. The van der Waals surface area contributed by atoms with Crippen LogP contribution in [0.4, 0.5) is 10.5 Å². The quantitative estimate of drug-likeness (QED) is 0.680.